The fourth-order valence-electron chi connectivity index (χ4n) is 2.95. The first-order valence-electron chi connectivity index (χ1n) is 5.36. The summed E-state index contributed by atoms with van der Waals surface area (Å²) in [5.74, 6) is -0.237. The number of carbonyl (C=O) groups excluding carboxylic acids is 1. The van der Waals surface area contributed by atoms with Gasteiger partial charge in [0.1, 0.15) is 0 Å². The molecule has 1 spiro atoms. The molecule has 2 rings (SSSR count). The molecule has 1 atom stereocenters. The van der Waals surface area contributed by atoms with Crippen LogP contribution in [-0.2, 0) is 9.53 Å². The molecule has 1 saturated carbocycles. The summed E-state index contributed by atoms with van der Waals surface area (Å²) < 4.78 is 4.90. The van der Waals surface area contributed by atoms with Crippen LogP contribution in [0.2, 0.25) is 0 Å². The van der Waals surface area contributed by atoms with E-state index in [4.69, 9.17) is 4.74 Å². The van der Waals surface area contributed by atoms with Gasteiger partial charge in [0.25, 0.3) is 0 Å². The Labute approximate surface area is 84.4 Å². The SMILES string of the molecule is CC1(C)C(O)OC(=O)CC12CCCC2. The summed E-state index contributed by atoms with van der Waals surface area (Å²) in [5, 5.41) is 9.79. The Balaban J connectivity index is 2.32. The largest absolute Gasteiger partial charge is 0.435 e. The molecule has 1 aliphatic carbocycles. The zero-order valence-electron chi connectivity index (χ0n) is 8.88. The lowest BCUT2D eigenvalue weighted by atomic mass is 9.61. The predicted molar refractivity (Wildman–Crippen MR) is 51.4 cm³/mol. The molecule has 1 heterocycles. The smallest absolute Gasteiger partial charge is 0.308 e. The summed E-state index contributed by atoms with van der Waals surface area (Å²) in [5.41, 5.74) is -0.306. The van der Waals surface area contributed by atoms with Crippen molar-refractivity contribution in [2.45, 2.75) is 52.2 Å². The fourth-order valence-corrected chi connectivity index (χ4v) is 2.95. The van der Waals surface area contributed by atoms with Crippen molar-refractivity contribution in [3.05, 3.63) is 0 Å². The number of hydrogen-bond acceptors (Lipinski definition) is 3. The van der Waals surface area contributed by atoms with Crippen LogP contribution in [0.25, 0.3) is 0 Å². The summed E-state index contributed by atoms with van der Waals surface area (Å²) >= 11 is 0. The van der Waals surface area contributed by atoms with E-state index in [9.17, 15) is 9.90 Å². The van der Waals surface area contributed by atoms with Crippen LogP contribution in [0.1, 0.15) is 46.0 Å². The first-order valence-corrected chi connectivity index (χ1v) is 5.36. The zero-order chi connectivity index (χ0) is 10.4. The van der Waals surface area contributed by atoms with Gasteiger partial charge < -0.3 is 9.84 Å². The second-order valence-corrected chi connectivity index (χ2v) is 5.23. The molecule has 2 fully saturated rings. The molecular weight excluding hydrogens is 180 g/mol. The summed E-state index contributed by atoms with van der Waals surface area (Å²) in [6.07, 6.45) is 3.99. The van der Waals surface area contributed by atoms with Crippen molar-refractivity contribution in [1.29, 1.82) is 0 Å². The molecule has 1 aliphatic heterocycles. The minimum Gasteiger partial charge on any atom is -0.435 e. The molecule has 80 valence electrons. The van der Waals surface area contributed by atoms with E-state index in [1.54, 1.807) is 0 Å². The van der Waals surface area contributed by atoms with Gasteiger partial charge >= 0.3 is 5.97 Å². The second kappa shape index (κ2) is 2.96. The Morgan fingerprint density at radius 3 is 2.50 bits per heavy atom. The molecule has 1 saturated heterocycles. The number of hydrogen-bond donors (Lipinski definition) is 1. The van der Waals surface area contributed by atoms with Gasteiger partial charge in [-0.3, -0.25) is 4.79 Å². The van der Waals surface area contributed by atoms with E-state index >= 15 is 0 Å². The van der Waals surface area contributed by atoms with Crippen molar-refractivity contribution in [2.24, 2.45) is 10.8 Å². The molecule has 0 bridgehead atoms. The third-order valence-corrected chi connectivity index (χ3v) is 4.27. The van der Waals surface area contributed by atoms with Crippen molar-refractivity contribution in [1.82, 2.24) is 0 Å². The number of rotatable bonds is 0. The number of aliphatic hydroxyl groups excluding tert-OH is 1. The quantitative estimate of drug-likeness (QED) is 0.604. The van der Waals surface area contributed by atoms with Gasteiger partial charge in [0.15, 0.2) is 0 Å². The topological polar surface area (TPSA) is 46.5 Å². The third-order valence-electron chi connectivity index (χ3n) is 4.27. The minimum atomic E-state index is -0.929. The van der Waals surface area contributed by atoms with Crippen LogP contribution in [-0.4, -0.2) is 17.4 Å². The Bertz CT molecular complexity index is 251. The van der Waals surface area contributed by atoms with Crippen LogP contribution >= 0.6 is 0 Å². The van der Waals surface area contributed by atoms with Gasteiger partial charge in [0.2, 0.25) is 6.29 Å². The summed E-state index contributed by atoms with van der Waals surface area (Å²) in [7, 11) is 0. The molecule has 3 heteroatoms. The molecule has 14 heavy (non-hydrogen) atoms. The highest BCUT2D eigenvalue weighted by molar-refractivity contribution is 5.71. The number of carbonyl (C=O) groups is 1. The molecule has 3 nitrogen and oxygen atoms in total. The van der Waals surface area contributed by atoms with Gasteiger partial charge in [0, 0.05) is 5.41 Å². The zero-order valence-corrected chi connectivity index (χ0v) is 8.88. The maximum absolute atomic E-state index is 11.3. The van der Waals surface area contributed by atoms with Crippen molar-refractivity contribution in [3.8, 4) is 0 Å². The highest BCUT2D eigenvalue weighted by Gasteiger charge is 2.56. The fraction of sp³-hybridized carbons (Fsp3) is 0.909. The first-order chi connectivity index (χ1) is 6.48. The lowest BCUT2D eigenvalue weighted by Gasteiger charge is -2.49. The summed E-state index contributed by atoms with van der Waals surface area (Å²) in [4.78, 5) is 11.3. The molecule has 0 radical (unpaired) electrons. The lowest BCUT2D eigenvalue weighted by Crippen LogP contribution is -2.52. The monoisotopic (exact) mass is 198 g/mol. The van der Waals surface area contributed by atoms with E-state index in [0.29, 0.717) is 6.42 Å². The average molecular weight is 198 g/mol. The van der Waals surface area contributed by atoms with Gasteiger partial charge in [0.05, 0.1) is 6.42 Å². The van der Waals surface area contributed by atoms with Crippen LogP contribution in [0, 0.1) is 10.8 Å². The van der Waals surface area contributed by atoms with Crippen molar-refractivity contribution in [2.75, 3.05) is 0 Å². The first kappa shape index (κ1) is 9.97. The molecule has 1 unspecified atom stereocenters. The van der Waals surface area contributed by atoms with Crippen molar-refractivity contribution >= 4 is 5.97 Å². The van der Waals surface area contributed by atoms with E-state index in [2.05, 4.69) is 0 Å². The van der Waals surface area contributed by atoms with E-state index in [0.717, 1.165) is 12.8 Å². The van der Waals surface area contributed by atoms with E-state index in [1.807, 2.05) is 13.8 Å². The van der Waals surface area contributed by atoms with Crippen LogP contribution in [0.5, 0.6) is 0 Å². The maximum Gasteiger partial charge on any atom is 0.308 e. The maximum atomic E-state index is 11.3. The van der Waals surface area contributed by atoms with Gasteiger partial charge in [-0.2, -0.15) is 0 Å². The molecule has 0 aromatic carbocycles. The Morgan fingerprint density at radius 2 is 1.93 bits per heavy atom. The van der Waals surface area contributed by atoms with E-state index < -0.39 is 6.29 Å². The van der Waals surface area contributed by atoms with Gasteiger partial charge in [-0.1, -0.05) is 26.7 Å². The standard InChI is InChI=1S/C11H18O3/c1-10(2)9(13)14-8(12)7-11(10)5-3-4-6-11/h9,13H,3-7H2,1-2H3. The molecule has 0 aromatic rings. The Morgan fingerprint density at radius 1 is 1.36 bits per heavy atom. The van der Waals surface area contributed by atoms with Crippen LogP contribution in [0.15, 0.2) is 0 Å². The number of cyclic esters (lactones) is 1. The Kier molecular flexibility index (Phi) is 2.11. The van der Waals surface area contributed by atoms with Crippen molar-refractivity contribution in [3.63, 3.8) is 0 Å². The molecular formula is C11H18O3. The number of ether oxygens (including phenoxy) is 1. The van der Waals surface area contributed by atoms with E-state index in [-0.39, 0.29) is 16.8 Å². The molecule has 0 aromatic heterocycles. The van der Waals surface area contributed by atoms with E-state index in [1.165, 1.54) is 12.8 Å². The number of esters is 1. The normalized spacial score (nSPS) is 34.5. The van der Waals surface area contributed by atoms with Gasteiger partial charge in [-0.05, 0) is 18.3 Å². The van der Waals surface area contributed by atoms with Crippen LogP contribution in [0.3, 0.4) is 0 Å². The second-order valence-electron chi connectivity index (χ2n) is 5.23. The molecule has 1 N–H and O–H groups in total. The average Bonchev–Trinajstić information content (AvgIpc) is 2.51. The molecule has 2 aliphatic rings. The Hall–Kier alpha value is -0.570. The predicted octanol–water partition coefficient (Wildman–Crippen LogP) is 1.84. The van der Waals surface area contributed by atoms with Crippen LogP contribution in [0.4, 0.5) is 0 Å². The van der Waals surface area contributed by atoms with Gasteiger partial charge in [-0.25, -0.2) is 0 Å². The highest BCUT2D eigenvalue weighted by Crippen LogP contribution is 2.57. The summed E-state index contributed by atoms with van der Waals surface area (Å²) in [6.45, 7) is 4.02. The highest BCUT2D eigenvalue weighted by atomic mass is 16.6. The van der Waals surface area contributed by atoms with Gasteiger partial charge in [-0.15, -0.1) is 0 Å². The third kappa shape index (κ3) is 1.18. The number of aliphatic hydroxyl groups is 1. The molecule has 0 amide bonds. The minimum absolute atomic E-state index is 0.0122. The lowest BCUT2D eigenvalue weighted by molar-refractivity contribution is -0.235. The van der Waals surface area contributed by atoms with Crippen molar-refractivity contribution < 1.29 is 14.6 Å². The van der Waals surface area contributed by atoms with Crippen LogP contribution < -0.4 is 0 Å². The summed E-state index contributed by atoms with van der Waals surface area (Å²) in [6, 6.07) is 0.